The zero-order chi connectivity index (χ0) is 16.8. The Morgan fingerprint density at radius 2 is 1.95 bits per heavy atom. The molecule has 0 saturated carbocycles. The van der Waals surface area contributed by atoms with E-state index in [1.807, 2.05) is 0 Å². The van der Waals surface area contributed by atoms with E-state index in [1.165, 1.54) is 6.07 Å². The van der Waals surface area contributed by atoms with Gasteiger partial charge in [0.1, 0.15) is 11.4 Å². The second kappa shape index (κ2) is 7.68. The normalized spacial score (nSPS) is 10.9. The van der Waals surface area contributed by atoms with Crippen LogP contribution in [-0.2, 0) is 4.74 Å². The van der Waals surface area contributed by atoms with Crippen LogP contribution in [0, 0.1) is 6.92 Å². The van der Waals surface area contributed by atoms with Crippen molar-refractivity contribution in [1.82, 2.24) is 5.32 Å². The molecule has 1 aromatic carbocycles. The van der Waals surface area contributed by atoms with Gasteiger partial charge in [0.25, 0.3) is 0 Å². The Kier molecular flexibility index (Phi) is 6.22. The first-order chi connectivity index (χ1) is 10.2. The lowest BCUT2D eigenvalue weighted by Crippen LogP contribution is -2.33. The maximum atomic E-state index is 11.4. The number of ether oxygens (including phenoxy) is 2. The molecule has 6 nitrogen and oxygen atoms in total. The van der Waals surface area contributed by atoms with Crippen molar-refractivity contribution in [2.75, 3.05) is 13.2 Å². The molecule has 2 N–H and O–H groups in total. The summed E-state index contributed by atoms with van der Waals surface area (Å²) in [6.07, 6.45) is 0.174. The number of carbonyl (C=O) groups excluding carboxylic acids is 1. The number of hydrogen-bond acceptors (Lipinski definition) is 4. The van der Waals surface area contributed by atoms with Crippen LogP contribution in [0.25, 0.3) is 0 Å². The topological polar surface area (TPSA) is 84.9 Å². The molecule has 0 radical (unpaired) electrons. The van der Waals surface area contributed by atoms with Gasteiger partial charge >= 0.3 is 12.1 Å². The highest BCUT2D eigenvalue weighted by Crippen LogP contribution is 2.17. The van der Waals surface area contributed by atoms with Crippen LogP contribution >= 0.6 is 0 Å². The highest BCUT2D eigenvalue weighted by atomic mass is 16.6. The molecule has 6 heteroatoms. The van der Waals surface area contributed by atoms with Gasteiger partial charge in [0.2, 0.25) is 0 Å². The van der Waals surface area contributed by atoms with Gasteiger partial charge in [-0.3, -0.25) is 0 Å². The predicted molar refractivity (Wildman–Crippen MR) is 82.5 cm³/mol. The second-order valence-electron chi connectivity index (χ2n) is 5.91. The quantitative estimate of drug-likeness (QED) is 0.789. The lowest BCUT2D eigenvalue weighted by Gasteiger charge is -2.19. The Hall–Kier alpha value is -2.24. The summed E-state index contributed by atoms with van der Waals surface area (Å²) >= 11 is 0. The van der Waals surface area contributed by atoms with Gasteiger partial charge in [0, 0.05) is 6.54 Å². The number of rotatable bonds is 6. The molecule has 0 heterocycles. The molecule has 0 aliphatic carbocycles. The molecule has 122 valence electrons. The minimum Gasteiger partial charge on any atom is -0.494 e. The number of aryl methyl sites for hydroxylation is 1. The minimum absolute atomic E-state index is 0.263. The molecule has 0 saturated heterocycles. The van der Waals surface area contributed by atoms with Gasteiger partial charge in [-0.25, -0.2) is 9.59 Å². The largest absolute Gasteiger partial charge is 0.494 e. The molecule has 0 aliphatic rings. The van der Waals surface area contributed by atoms with E-state index >= 15 is 0 Å². The second-order valence-corrected chi connectivity index (χ2v) is 5.91. The first-order valence-electron chi connectivity index (χ1n) is 7.12. The van der Waals surface area contributed by atoms with E-state index in [2.05, 4.69) is 5.32 Å². The average molecular weight is 309 g/mol. The number of aromatic carboxylic acids is 1. The Labute approximate surface area is 130 Å². The number of carboxylic acids is 1. The zero-order valence-corrected chi connectivity index (χ0v) is 13.4. The van der Waals surface area contributed by atoms with Crippen molar-refractivity contribution in [2.45, 2.75) is 39.7 Å². The van der Waals surface area contributed by atoms with Crippen molar-refractivity contribution >= 4 is 12.1 Å². The number of benzene rings is 1. The first kappa shape index (κ1) is 17.8. The third-order valence-electron chi connectivity index (χ3n) is 2.69. The van der Waals surface area contributed by atoms with E-state index in [9.17, 15) is 9.59 Å². The van der Waals surface area contributed by atoms with E-state index in [1.54, 1.807) is 39.8 Å². The number of carboxylic acid groups (broad SMARTS) is 1. The molecule has 0 bridgehead atoms. The number of carbonyl (C=O) groups is 2. The van der Waals surface area contributed by atoms with Crippen molar-refractivity contribution in [2.24, 2.45) is 0 Å². The monoisotopic (exact) mass is 309 g/mol. The van der Waals surface area contributed by atoms with Crippen molar-refractivity contribution in [3.8, 4) is 5.75 Å². The summed E-state index contributed by atoms with van der Waals surface area (Å²) in [4.78, 5) is 22.3. The van der Waals surface area contributed by atoms with Gasteiger partial charge in [0.05, 0.1) is 12.2 Å². The Balaban J connectivity index is 2.29. The molecule has 0 unspecified atom stereocenters. The van der Waals surface area contributed by atoms with Crippen LogP contribution in [0.3, 0.4) is 0 Å². The fourth-order valence-corrected chi connectivity index (χ4v) is 1.73. The Bertz CT molecular complexity index is 534. The molecule has 0 spiro atoms. The van der Waals surface area contributed by atoms with E-state index in [0.717, 1.165) is 0 Å². The van der Waals surface area contributed by atoms with Crippen LogP contribution in [0.15, 0.2) is 18.2 Å². The van der Waals surface area contributed by atoms with E-state index < -0.39 is 17.7 Å². The lowest BCUT2D eigenvalue weighted by molar-refractivity contribution is 0.0525. The van der Waals surface area contributed by atoms with Gasteiger partial charge in [-0.05, 0) is 57.9 Å². The number of alkyl carbamates (subject to hydrolysis) is 1. The summed E-state index contributed by atoms with van der Waals surface area (Å²) in [7, 11) is 0. The Morgan fingerprint density at radius 1 is 1.27 bits per heavy atom. The third-order valence-corrected chi connectivity index (χ3v) is 2.69. The number of amides is 1. The van der Waals surface area contributed by atoms with Crippen LogP contribution in [0.5, 0.6) is 5.75 Å². The van der Waals surface area contributed by atoms with Gasteiger partial charge in [0.15, 0.2) is 0 Å². The fraction of sp³-hybridized carbons (Fsp3) is 0.500. The molecule has 1 aromatic rings. The number of nitrogens with one attached hydrogen (secondary N) is 1. The molecule has 0 aliphatic heterocycles. The molecule has 22 heavy (non-hydrogen) atoms. The molecule has 1 rings (SSSR count). The highest BCUT2D eigenvalue weighted by molar-refractivity contribution is 5.89. The summed E-state index contributed by atoms with van der Waals surface area (Å²) in [6.45, 7) is 8.00. The van der Waals surface area contributed by atoms with E-state index in [4.69, 9.17) is 14.6 Å². The summed E-state index contributed by atoms with van der Waals surface area (Å²) in [5.41, 5.74) is 0.403. The predicted octanol–water partition coefficient (Wildman–Crippen LogP) is 2.99. The van der Waals surface area contributed by atoms with Crippen LogP contribution in [-0.4, -0.2) is 35.9 Å². The third kappa shape index (κ3) is 6.47. The van der Waals surface area contributed by atoms with Gasteiger partial charge in [-0.1, -0.05) is 0 Å². The maximum Gasteiger partial charge on any atom is 0.407 e. The summed E-state index contributed by atoms with van der Waals surface area (Å²) < 4.78 is 10.6. The van der Waals surface area contributed by atoms with Crippen LogP contribution in [0.1, 0.15) is 43.1 Å². The molecular formula is C16H23NO5. The summed E-state index contributed by atoms with van der Waals surface area (Å²) in [6, 6.07) is 4.83. The average Bonchev–Trinajstić information content (AvgIpc) is 2.35. The van der Waals surface area contributed by atoms with Crippen LogP contribution in [0.4, 0.5) is 4.79 Å². The van der Waals surface area contributed by atoms with E-state index in [0.29, 0.717) is 30.9 Å². The van der Waals surface area contributed by atoms with Gasteiger partial charge in [-0.2, -0.15) is 0 Å². The standard InChI is InChI=1S/C16H23NO5/c1-11-10-12(6-7-13(11)14(18)19)21-9-5-8-17-15(20)22-16(2,3)4/h6-7,10H,5,8-9H2,1-4H3,(H,17,20)(H,18,19). The summed E-state index contributed by atoms with van der Waals surface area (Å²) in [5.74, 6) is -0.342. The molecule has 1 amide bonds. The SMILES string of the molecule is Cc1cc(OCCCNC(=O)OC(C)(C)C)ccc1C(=O)O. The zero-order valence-electron chi connectivity index (χ0n) is 13.4. The van der Waals surface area contributed by atoms with Crippen LogP contribution in [0.2, 0.25) is 0 Å². The van der Waals surface area contributed by atoms with Crippen molar-refractivity contribution in [1.29, 1.82) is 0 Å². The highest BCUT2D eigenvalue weighted by Gasteiger charge is 2.15. The first-order valence-corrected chi connectivity index (χ1v) is 7.12. The molecule has 0 fully saturated rings. The van der Waals surface area contributed by atoms with Crippen molar-refractivity contribution < 1.29 is 24.2 Å². The lowest BCUT2D eigenvalue weighted by atomic mass is 10.1. The number of hydrogen-bond donors (Lipinski definition) is 2. The fourth-order valence-electron chi connectivity index (χ4n) is 1.73. The minimum atomic E-state index is -0.953. The van der Waals surface area contributed by atoms with Crippen LogP contribution < -0.4 is 10.1 Å². The maximum absolute atomic E-state index is 11.4. The molecular weight excluding hydrogens is 286 g/mol. The Morgan fingerprint density at radius 3 is 2.50 bits per heavy atom. The van der Waals surface area contributed by atoms with Gasteiger partial charge in [-0.15, -0.1) is 0 Å². The van der Waals surface area contributed by atoms with E-state index in [-0.39, 0.29) is 5.56 Å². The van der Waals surface area contributed by atoms with Crippen molar-refractivity contribution in [3.05, 3.63) is 29.3 Å². The molecule has 0 aromatic heterocycles. The molecule has 0 atom stereocenters. The van der Waals surface area contributed by atoms with Crippen molar-refractivity contribution in [3.63, 3.8) is 0 Å². The smallest absolute Gasteiger partial charge is 0.407 e. The van der Waals surface area contributed by atoms with Gasteiger partial charge < -0.3 is 19.9 Å². The summed E-state index contributed by atoms with van der Waals surface area (Å²) in [5, 5.41) is 11.6.